The molecule has 1 atom stereocenters. The van der Waals surface area contributed by atoms with E-state index in [1.807, 2.05) is 13.0 Å². The number of rotatable bonds is 6. The van der Waals surface area contributed by atoms with Gasteiger partial charge >= 0.3 is 0 Å². The van der Waals surface area contributed by atoms with Gasteiger partial charge in [-0.3, -0.25) is 19.7 Å². The molecule has 0 radical (unpaired) electrons. The van der Waals surface area contributed by atoms with E-state index in [-0.39, 0.29) is 41.6 Å². The van der Waals surface area contributed by atoms with Crippen LogP contribution in [0.2, 0.25) is 0 Å². The Kier molecular flexibility index (Phi) is 8.05. The van der Waals surface area contributed by atoms with Crippen LogP contribution < -0.4 is 15.5 Å². The van der Waals surface area contributed by atoms with Gasteiger partial charge in [-0.2, -0.15) is 0 Å². The third-order valence-corrected chi connectivity index (χ3v) is 10.1. The number of anilines is 1. The third kappa shape index (κ3) is 6.07. The highest BCUT2D eigenvalue weighted by atomic mass is 19.1. The van der Waals surface area contributed by atoms with Crippen LogP contribution in [0, 0.1) is 29.9 Å². The maximum Gasteiger partial charge on any atom is 0.254 e. The fourth-order valence-corrected chi connectivity index (χ4v) is 7.51. The number of piperidine rings is 3. The predicted octanol–water partition coefficient (Wildman–Crippen LogP) is 4.68. The normalized spacial score (nSPS) is 23.5. The number of carbonyl (C=O) groups excluding carboxylic acids is 3. The fourth-order valence-electron chi connectivity index (χ4n) is 7.51. The first-order valence-corrected chi connectivity index (χ1v) is 15.4. The topological polar surface area (TPSA) is 81.8 Å². The Balaban J connectivity index is 0.930. The summed E-state index contributed by atoms with van der Waals surface area (Å²) >= 11 is 0. The van der Waals surface area contributed by atoms with Gasteiger partial charge in [-0.25, -0.2) is 8.78 Å². The summed E-state index contributed by atoms with van der Waals surface area (Å²) in [6.45, 7) is 6.65. The monoisotopic (exact) mass is 578 g/mol. The molecule has 4 aliphatic rings. The Bertz CT molecular complexity index is 1360. The second-order valence-corrected chi connectivity index (χ2v) is 13.0. The van der Waals surface area contributed by atoms with Crippen molar-refractivity contribution in [2.75, 3.05) is 37.6 Å². The van der Waals surface area contributed by atoms with Crippen molar-refractivity contribution in [1.82, 2.24) is 15.5 Å². The van der Waals surface area contributed by atoms with E-state index in [9.17, 15) is 18.8 Å². The van der Waals surface area contributed by atoms with Crippen LogP contribution in [0.4, 0.5) is 14.5 Å². The van der Waals surface area contributed by atoms with Crippen molar-refractivity contribution >= 4 is 23.4 Å². The molecule has 1 saturated carbocycles. The highest BCUT2D eigenvalue weighted by Gasteiger charge is 2.46. The molecule has 3 heterocycles. The van der Waals surface area contributed by atoms with Crippen molar-refractivity contribution in [3.05, 3.63) is 64.7 Å². The van der Waals surface area contributed by atoms with Crippen LogP contribution in [0.1, 0.15) is 78.8 Å². The lowest BCUT2D eigenvalue weighted by molar-refractivity contribution is -0.134. The lowest BCUT2D eigenvalue weighted by Gasteiger charge is -2.52. The van der Waals surface area contributed by atoms with E-state index < -0.39 is 11.7 Å². The summed E-state index contributed by atoms with van der Waals surface area (Å²) in [5, 5.41) is 5.39. The summed E-state index contributed by atoms with van der Waals surface area (Å²) in [5.74, 6) is -1.61. The van der Waals surface area contributed by atoms with Crippen LogP contribution in [0.15, 0.2) is 36.4 Å². The first-order valence-electron chi connectivity index (χ1n) is 15.4. The Morgan fingerprint density at radius 1 is 0.976 bits per heavy atom. The van der Waals surface area contributed by atoms with Gasteiger partial charge in [0, 0.05) is 32.1 Å². The van der Waals surface area contributed by atoms with Crippen molar-refractivity contribution < 1.29 is 23.2 Å². The summed E-state index contributed by atoms with van der Waals surface area (Å²) in [4.78, 5) is 40.9. The molecule has 0 aromatic heterocycles. The van der Waals surface area contributed by atoms with Crippen LogP contribution in [0.25, 0.3) is 0 Å². The van der Waals surface area contributed by atoms with Gasteiger partial charge in [-0.05, 0) is 106 Å². The summed E-state index contributed by atoms with van der Waals surface area (Å²) in [6.07, 6.45) is 6.90. The fraction of sp³-hybridized carbons (Fsp3) is 0.545. The van der Waals surface area contributed by atoms with Crippen LogP contribution in [0.5, 0.6) is 0 Å². The molecule has 3 saturated heterocycles. The zero-order valence-electron chi connectivity index (χ0n) is 24.3. The SMILES string of the molecule is Cc1ccc(F)c(C(=O)NC2CC3(CCN(CC4CCN(c5ccc(C6CCC(=O)NC6=O)cc5F)CC4)CC3)C2)c1. The molecule has 3 aliphatic heterocycles. The summed E-state index contributed by atoms with van der Waals surface area (Å²) in [5.41, 5.74) is 2.50. The minimum absolute atomic E-state index is 0.117. The van der Waals surface area contributed by atoms with Crippen molar-refractivity contribution in [3.8, 4) is 0 Å². The summed E-state index contributed by atoms with van der Waals surface area (Å²) < 4.78 is 29.2. The molecule has 1 unspecified atom stereocenters. The average Bonchev–Trinajstić information content (AvgIpc) is 2.95. The molecule has 1 aliphatic carbocycles. The minimum atomic E-state index is -0.478. The maximum absolute atomic E-state index is 15.1. The van der Waals surface area contributed by atoms with Crippen LogP contribution in [0.3, 0.4) is 0 Å². The number of hydrogen-bond donors (Lipinski definition) is 2. The average molecular weight is 579 g/mol. The lowest BCUT2D eigenvalue weighted by atomic mass is 9.60. The van der Waals surface area contributed by atoms with E-state index in [0.717, 1.165) is 76.8 Å². The standard InChI is InChI=1S/C33H40F2N4O3/c1-21-2-5-27(34)26(16-21)32(42)36-24-18-33(19-24)10-14-38(15-11-33)20-22-8-12-39(13-9-22)29-6-3-23(17-28(29)35)25-4-7-30(40)37-31(25)41/h2-3,5-6,16-17,22,24-25H,4,7-15,18-20H2,1H3,(H,36,42)(H,37,40,41). The molecule has 224 valence electrons. The molecule has 4 fully saturated rings. The largest absolute Gasteiger partial charge is 0.369 e. The molecule has 2 aromatic carbocycles. The van der Waals surface area contributed by atoms with Gasteiger partial charge in [-0.15, -0.1) is 0 Å². The first kappa shape index (κ1) is 28.8. The Morgan fingerprint density at radius 3 is 2.40 bits per heavy atom. The van der Waals surface area contributed by atoms with Gasteiger partial charge in [0.1, 0.15) is 11.6 Å². The van der Waals surface area contributed by atoms with E-state index in [4.69, 9.17) is 0 Å². The number of nitrogens with one attached hydrogen (secondary N) is 2. The maximum atomic E-state index is 15.1. The Hall–Kier alpha value is -3.33. The molecule has 42 heavy (non-hydrogen) atoms. The number of likely N-dealkylation sites (tertiary alicyclic amines) is 1. The van der Waals surface area contributed by atoms with E-state index in [2.05, 4.69) is 20.4 Å². The smallest absolute Gasteiger partial charge is 0.254 e. The molecular formula is C33H40F2N4O3. The highest BCUT2D eigenvalue weighted by Crippen LogP contribution is 2.49. The number of carbonyl (C=O) groups is 3. The van der Waals surface area contributed by atoms with Gasteiger partial charge < -0.3 is 15.1 Å². The summed E-state index contributed by atoms with van der Waals surface area (Å²) in [6, 6.07) is 9.82. The molecule has 7 nitrogen and oxygen atoms in total. The zero-order chi connectivity index (χ0) is 29.4. The van der Waals surface area contributed by atoms with Gasteiger partial charge in [0.05, 0.1) is 17.2 Å². The van der Waals surface area contributed by atoms with E-state index in [1.54, 1.807) is 18.2 Å². The number of nitrogens with zero attached hydrogens (tertiary/aromatic N) is 2. The van der Waals surface area contributed by atoms with Gasteiger partial charge in [0.15, 0.2) is 0 Å². The first-order chi connectivity index (χ1) is 20.2. The van der Waals surface area contributed by atoms with Crippen molar-refractivity contribution in [2.45, 2.75) is 70.3 Å². The predicted molar refractivity (Wildman–Crippen MR) is 156 cm³/mol. The van der Waals surface area contributed by atoms with Crippen molar-refractivity contribution in [1.29, 1.82) is 0 Å². The number of aryl methyl sites for hydroxylation is 1. The van der Waals surface area contributed by atoms with Crippen LogP contribution >= 0.6 is 0 Å². The van der Waals surface area contributed by atoms with Crippen LogP contribution in [-0.2, 0) is 9.59 Å². The summed E-state index contributed by atoms with van der Waals surface area (Å²) in [7, 11) is 0. The molecule has 2 aromatic rings. The van der Waals surface area contributed by atoms with Crippen LogP contribution in [-0.4, -0.2) is 61.4 Å². The van der Waals surface area contributed by atoms with Crippen molar-refractivity contribution in [2.24, 2.45) is 11.3 Å². The molecule has 1 spiro atoms. The second kappa shape index (κ2) is 11.7. The number of hydrogen-bond acceptors (Lipinski definition) is 5. The van der Waals surface area contributed by atoms with Gasteiger partial charge in [-0.1, -0.05) is 17.7 Å². The molecule has 0 bridgehead atoms. The number of benzene rings is 2. The second-order valence-electron chi connectivity index (χ2n) is 13.0. The molecule has 6 rings (SSSR count). The number of amides is 3. The third-order valence-electron chi connectivity index (χ3n) is 10.1. The van der Waals surface area contributed by atoms with E-state index in [0.29, 0.717) is 29.0 Å². The molecule has 3 amide bonds. The lowest BCUT2D eigenvalue weighted by Crippen LogP contribution is -2.55. The van der Waals surface area contributed by atoms with Gasteiger partial charge in [0.25, 0.3) is 5.91 Å². The van der Waals surface area contributed by atoms with E-state index in [1.165, 1.54) is 12.1 Å². The van der Waals surface area contributed by atoms with Gasteiger partial charge in [0.2, 0.25) is 11.8 Å². The molecule has 9 heteroatoms. The molecular weight excluding hydrogens is 538 g/mol. The van der Waals surface area contributed by atoms with E-state index >= 15 is 4.39 Å². The number of halogens is 2. The Morgan fingerprint density at radius 2 is 1.71 bits per heavy atom. The Labute approximate surface area is 246 Å². The minimum Gasteiger partial charge on any atom is -0.369 e. The van der Waals surface area contributed by atoms with Crippen molar-refractivity contribution in [3.63, 3.8) is 0 Å². The highest BCUT2D eigenvalue weighted by molar-refractivity contribution is 6.01. The quantitative estimate of drug-likeness (QED) is 0.487. The molecule has 2 N–H and O–H groups in total. The number of imide groups is 1. The zero-order valence-corrected chi connectivity index (χ0v) is 24.3.